The molecule has 0 unspecified atom stereocenters. The number of carbonyl (C=O) groups excluding carboxylic acids is 2. The van der Waals surface area contributed by atoms with Crippen molar-refractivity contribution in [3.8, 4) is 0 Å². The van der Waals surface area contributed by atoms with Crippen LogP contribution < -0.4 is 16.8 Å². The van der Waals surface area contributed by atoms with Crippen LogP contribution in [0.2, 0.25) is 0 Å². The standard InChI is InChI=1S/C26H28F3N7O.C4H8O2.CH5N/c1-31-23(24-25(30)33-11-14-36(24)17-35-12-3-2-4-13-35)19-7-5-18(6-8-19)15-22(37)34-21-16-20(9-10-32-21)26(27,28)29;1-6-4-2-3-5;1-2/h5-11,14,16H,1-4,12-13,15,17H2,(H2,30,33)(H,32,34,37);3H,2,4H2,1H3;2H2,1H3/b24-23-;;. The van der Waals surface area contributed by atoms with Crippen LogP contribution in [-0.4, -0.2) is 80.1 Å². The molecule has 2 aliphatic heterocycles. The molecular weight excluding hydrogens is 589 g/mol. The lowest BCUT2D eigenvalue weighted by Crippen LogP contribution is -2.41. The Morgan fingerprint density at radius 2 is 1.84 bits per heavy atom. The summed E-state index contributed by atoms with van der Waals surface area (Å²) < 4.78 is 43.3. The number of piperidine rings is 1. The monoisotopic (exact) mass is 630 g/mol. The summed E-state index contributed by atoms with van der Waals surface area (Å²) in [5, 5.41) is 2.41. The highest BCUT2D eigenvalue weighted by molar-refractivity contribution is 6.04. The van der Waals surface area contributed by atoms with E-state index in [4.69, 9.17) is 5.73 Å². The maximum Gasteiger partial charge on any atom is 0.416 e. The van der Waals surface area contributed by atoms with Crippen molar-refractivity contribution in [3.63, 3.8) is 0 Å². The summed E-state index contributed by atoms with van der Waals surface area (Å²) in [6.45, 7) is 6.96. The number of ether oxygens (including phenoxy) is 1. The Morgan fingerprint density at radius 3 is 2.42 bits per heavy atom. The number of aldehydes is 1. The first kappa shape index (κ1) is 36.8. The summed E-state index contributed by atoms with van der Waals surface area (Å²) in [7, 11) is 3.07. The van der Waals surface area contributed by atoms with Crippen LogP contribution in [0.5, 0.6) is 0 Å². The Balaban J connectivity index is 0.000000790. The van der Waals surface area contributed by atoms with Crippen LogP contribution in [0.4, 0.5) is 19.0 Å². The van der Waals surface area contributed by atoms with E-state index in [9.17, 15) is 22.8 Å². The molecule has 0 bridgehead atoms. The van der Waals surface area contributed by atoms with Gasteiger partial charge in [0.15, 0.2) is 0 Å². The second-order valence-corrected chi connectivity index (χ2v) is 9.76. The number of benzene rings is 1. The molecule has 3 heterocycles. The van der Waals surface area contributed by atoms with Crippen LogP contribution in [0, 0.1) is 0 Å². The van der Waals surface area contributed by atoms with Crippen molar-refractivity contribution in [1.82, 2.24) is 14.8 Å². The minimum Gasteiger partial charge on any atom is -0.384 e. The predicted octanol–water partition coefficient (Wildman–Crippen LogP) is 4.03. The van der Waals surface area contributed by atoms with Crippen molar-refractivity contribution in [3.05, 3.63) is 77.4 Å². The Morgan fingerprint density at radius 1 is 1.16 bits per heavy atom. The Labute approximate surface area is 261 Å². The summed E-state index contributed by atoms with van der Waals surface area (Å²) >= 11 is 0. The van der Waals surface area contributed by atoms with Gasteiger partial charge in [-0.15, -0.1) is 0 Å². The van der Waals surface area contributed by atoms with Gasteiger partial charge in [-0.05, 0) is 57.4 Å². The molecule has 2 aromatic rings. The van der Waals surface area contributed by atoms with E-state index in [-0.39, 0.29) is 12.2 Å². The SMILES string of the molecule is C=N/C(=C1/C(N)=NC=CN1CN1CCCCC1)c1ccc(CC(=O)Nc2cc(C(F)(F)F)ccn2)cc1.CN.COCCC=O. The predicted molar refractivity (Wildman–Crippen MR) is 170 cm³/mol. The molecule has 244 valence electrons. The number of alkyl halides is 3. The number of pyridine rings is 1. The molecule has 14 heteroatoms. The largest absolute Gasteiger partial charge is 0.416 e. The van der Waals surface area contributed by atoms with Gasteiger partial charge in [0.25, 0.3) is 0 Å². The molecule has 1 fully saturated rings. The maximum atomic E-state index is 12.9. The fourth-order valence-electron chi connectivity index (χ4n) is 4.47. The number of nitrogens with two attached hydrogens (primary N) is 2. The second-order valence-electron chi connectivity index (χ2n) is 9.76. The zero-order valence-corrected chi connectivity index (χ0v) is 25.6. The molecule has 2 aliphatic rings. The zero-order chi connectivity index (χ0) is 33.2. The van der Waals surface area contributed by atoms with Gasteiger partial charge in [-0.2, -0.15) is 13.2 Å². The fourth-order valence-corrected chi connectivity index (χ4v) is 4.47. The van der Waals surface area contributed by atoms with Crippen LogP contribution in [0.3, 0.4) is 0 Å². The van der Waals surface area contributed by atoms with Crippen LogP contribution in [0.15, 0.2) is 70.7 Å². The molecule has 1 saturated heterocycles. The normalized spacial score (nSPS) is 15.9. The Hall–Kier alpha value is -4.40. The number of nitrogens with one attached hydrogen (secondary N) is 1. The van der Waals surface area contributed by atoms with Crippen molar-refractivity contribution in [2.24, 2.45) is 21.5 Å². The number of hydrogen-bond acceptors (Lipinski definition) is 10. The van der Waals surface area contributed by atoms with Gasteiger partial charge in [-0.25, -0.2) is 9.98 Å². The van der Waals surface area contributed by atoms with E-state index < -0.39 is 17.6 Å². The van der Waals surface area contributed by atoms with Crippen LogP contribution in [-0.2, 0) is 26.9 Å². The summed E-state index contributed by atoms with van der Waals surface area (Å²) in [5.74, 6) is -0.311. The third kappa shape index (κ3) is 11.9. The molecule has 5 N–H and O–H groups in total. The van der Waals surface area contributed by atoms with Crippen LogP contribution in [0.1, 0.15) is 42.4 Å². The fraction of sp³-hybridized carbons (Fsp3) is 0.387. The molecular formula is C31H41F3N8O3. The van der Waals surface area contributed by atoms with E-state index >= 15 is 0 Å². The highest BCUT2D eigenvalue weighted by Crippen LogP contribution is 2.30. The number of halogens is 3. The molecule has 4 rings (SSSR count). The smallest absolute Gasteiger partial charge is 0.384 e. The van der Waals surface area contributed by atoms with E-state index in [0.29, 0.717) is 42.5 Å². The molecule has 0 saturated carbocycles. The number of amidine groups is 1. The highest BCUT2D eigenvalue weighted by Gasteiger charge is 2.31. The summed E-state index contributed by atoms with van der Waals surface area (Å²) in [6.07, 6.45) is 4.87. The minimum atomic E-state index is -4.52. The van der Waals surface area contributed by atoms with Gasteiger partial charge in [-0.1, -0.05) is 30.7 Å². The Kier molecular flexibility index (Phi) is 15.6. The molecule has 0 spiro atoms. The molecule has 1 amide bonds. The van der Waals surface area contributed by atoms with E-state index in [1.54, 1.807) is 37.6 Å². The average molecular weight is 631 g/mol. The van der Waals surface area contributed by atoms with Crippen LogP contribution in [0.25, 0.3) is 5.70 Å². The number of rotatable bonds is 10. The summed E-state index contributed by atoms with van der Waals surface area (Å²) in [6, 6.07) is 8.75. The number of likely N-dealkylation sites (tertiary alicyclic amines) is 1. The number of nitrogens with zero attached hydrogens (tertiary/aromatic N) is 5. The third-order valence-electron chi connectivity index (χ3n) is 6.56. The Bertz CT molecular complexity index is 1340. The van der Waals surface area contributed by atoms with Gasteiger partial charge >= 0.3 is 6.18 Å². The first-order valence-corrected chi connectivity index (χ1v) is 14.3. The van der Waals surface area contributed by atoms with Gasteiger partial charge < -0.3 is 31.2 Å². The van der Waals surface area contributed by atoms with Crippen molar-refractivity contribution in [2.45, 2.75) is 38.3 Å². The van der Waals surface area contributed by atoms with E-state index in [1.807, 2.05) is 11.1 Å². The summed E-state index contributed by atoms with van der Waals surface area (Å²) in [4.78, 5) is 38.6. The number of aromatic nitrogens is 1. The topological polar surface area (TPSA) is 152 Å². The van der Waals surface area contributed by atoms with Crippen LogP contribution >= 0.6 is 0 Å². The molecule has 1 aromatic carbocycles. The lowest BCUT2D eigenvalue weighted by molar-refractivity contribution is -0.137. The van der Waals surface area contributed by atoms with Gasteiger partial charge in [-0.3, -0.25) is 14.7 Å². The molecule has 11 nitrogen and oxygen atoms in total. The third-order valence-corrected chi connectivity index (χ3v) is 6.56. The van der Waals surface area contributed by atoms with Gasteiger partial charge in [0.05, 0.1) is 31.0 Å². The minimum absolute atomic E-state index is 0.0426. The van der Waals surface area contributed by atoms with E-state index in [0.717, 1.165) is 56.1 Å². The van der Waals surface area contributed by atoms with Crippen molar-refractivity contribution >= 4 is 36.3 Å². The van der Waals surface area contributed by atoms with Gasteiger partial charge in [0.1, 0.15) is 23.6 Å². The molecule has 45 heavy (non-hydrogen) atoms. The lowest BCUT2D eigenvalue weighted by Gasteiger charge is -2.34. The maximum absolute atomic E-state index is 12.9. The molecule has 0 radical (unpaired) electrons. The first-order valence-electron chi connectivity index (χ1n) is 14.3. The number of hydrogen-bond donors (Lipinski definition) is 3. The van der Waals surface area contributed by atoms with Crippen molar-refractivity contribution in [1.29, 1.82) is 0 Å². The first-order chi connectivity index (χ1) is 21.7. The number of amides is 1. The average Bonchev–Trinajstić information content (AvgIpc) is 3.04. The van der Waals surface area contributed by atoms with Gasteiger partial charge in [0.2, 0.25) is 5.91 Å². The van der Waals surface area contributed by atoms with E-state index in [1.165, 1.54) is 13.5 Å². The van der Waals surface area contributed by atoms with Gasteiger partial charge in [0, 0.05) is 37.7 Å². The molecule has 0 atom stereocenters. The molecule has 1 aromatic heterocycles. The molecule has 0 aliphatic carbocycles. The summed E-state index contributed by atoms with van der Waals surface area (Å²) in [5.41, 5.74) is 12.5. The number of methoxy groups -OCH3 is 1. The van der Waals surface area contributed by atoms with Crippen molar-refractivity contribution < 1.29 is 27.5 Å². The number of aliphatic imine (C=N–C) groups is 2. The number of carbonyl (C=O) groups is 2. The number of anilines is 1. The van der Waals surface area contributed by atoms with Crippen molar-refractivity contribution in [2.75, 3.05) is 45.8 Å². The zero-order valence-electron chi connectivity index (χ0n) is 25.6. The second kappa shape index (κ2) is 19.1. The quantitative estimate of drug-likeness (QED) is 0.202. The lowest BCUT2D eigenvalue weighted by atomic mass is 10.0. The highest BCUT2D eigenvalue weighted by atomic mass is 19.4. The van der Waals surface area contributed by atoms with E-state index in [2.05, 4.69) is 42.4 Å².